The lowest BCUT2D eigenvalue weighted by atomic mass is 10.0. The van der Waals surface area contributed by atoms with Gasteiger partial charge in [0.05, 0.1) is 0 Å². The van der Waals surface area contributed by atoms with Crippen LogP contribution in [0.3, 0.4) is 0 Å². The molecule has 0 amide bonds. The molecule has 4 heteroatoms. The first-order valence-corrected chi connectivity index (χ1v) is 4.97. The number of rotatable bonds is 3. The van der Waals surface area contributed by atoms with E-state index in [4.69, 9.17) is 5.73 Å². The van der Waals surface area contributed by atoms with Crippen LogP contribution >= 0.6 is 12.4 Å². The zero-order valence-corrected chi connectivity index (χ0v) is 9.65. The van der Waals surface area contributed by atoms with Crippen molar-refractivity contribution in [2.45, 2.75) is 6.42 Å². The van der Waals surface area contributed by atoms with E-state index in [0.29, 0.717) is 6.54 Å². The molecule has 1 aromatic heterocycles. The highest BCUT2D eigenvalue weighted by Gasteiger charge is 2.04. The maximum absolute atomic E-state index is 5.57. The average Bonchev–Trinajstić information content (AvgIpc) is 2.31. The molecule has 1 heterocycles. The first-order valence-electron chi connectivity index (χ1n) is 4.97. The van der Waals surface area contributed by atoms with Gasteiger partial charge in [-0.15, -0.1) is 12.4 Å². The Morgan fingerprint density at radius 2 is 1.69 bits per heavy atom. The molecule has 0 atom stereocenters. The second-order valence-electron chi connectivity index (χ2n) is 3.27. The van der Waals surface area contributed by atoms with Gasteiger partial charge in [-0.25, -0.2) is 9.97 Å². The predicted molar refractivity (Wildman–Crippen MR) is 67.5 cm³/mol. The van der Waals surface area contributed by atoms with Gasteiger partial charge >= 0.3 is 0 Å². The van der Waals surface area contributed by atoms with Crippen molar-refractivity contribution < 1.29 is 0 Å². The number of benzene rings is 1. The maximum atomic E-state index is 5.57. The molecular weight excluding hydrogens is 222 g/mol. The molecule has 84 valence electrons. The maximum Gasteiger partial charge on any atom is 0.159 e. The number of hydrogen-bond donors (Lipinski definition) is 1. The van der Waals surface area contributed by atoms with E-state index in [1.54, 1.807) is 12.4 Å². The van der Waals surface area contributed by atoms with Crippen LogP contribution in [0.25, 0.3) is 11.4 Å². The number of aromatic nitrogens is 2. The standard InChI is InChI=1S/C12H13N3.ClH/c13-7-6-10-4-1-2-5-11(10)12-14-8-3-9-15-12;/h1-5,8-9H,6-7,13H2;1H. The number of nitrogens with two attached hydrogens (primary N) is 1. The van der Waals surface area contributed by atoms with Crippen molar-refractivity contribution in [2.24, 2.45) is 5.73 Å². The first kappa shape index (κ1) is 12.6. The summed E-state index contributed by atoms with van der Waals surface area (Å²) in [6, 6.07) is 9.91. The number of nitrogens with zero attached hydrogens (tertiary/aromatic N) is 2. The van der Waals surface area contributed by atoms with E-state index in [1.165, 1.54) is 5.56 Å². The summed E-state index contributed by atoms with van der Waals surface area (Å²) < 4.78 is 0. The van der Waals surface area contributed by atoms with E-state index < -0.39 is 0 Å². The van der Waals surface area contributed by atoms with E-state index in [9.17, 15) is 0 Å². The Morgan fingerprint density at radius 1 is 1.00 bits per heavy atom. The highest BCUT2D eigenvalue weighted by Crippen LogP contribution is 2.19. The van der Waals surface area contributed by atoms with Gasteiger partial charge in [-0.1, -0.05) is 24.3 Å². The smallest absolute Gasteiger partial charge is 0.159 e. The van der Waals surface area contributed by atoms with Gasteiger partial charge in [0.1, 0.15) is 0 Å². The quantitative estimate of drug-likeness (QED) is 0.886. The second kappa shape index (κ2) is 6.20. The lowest BCUT2D eigenvalue weighted by molar-refractivity contribution is 0.966. The number of hydrogen-bond acceptors (Lipinski definition) is 3. The minimum atomic E-state index is 0. The molecule has 0 aliphatic carbocycles. The van der Waals surface area contributed by atoms with Gasteiger partial charge in [-0.3, -0.25) is 0 Å². The molecule has 0 unspecified atom stereocenters. The highest BCUT2D eigenvalue weighted by molar-refractivity contribution is 5.85. The van der Waals surface area contributed by atoms with E-state index in [-0.39, 0.29) is 12.4 Å². The van der Waals surface area contributed by atoms with Crippen LogP contribution in [-0.4, -0.2) is 16.5 Å². The van der Waals surface area contributed by atoms with Crippen molar-refractivity contribution in [3.05, 3.63) is 48.3 Å². The Morgan fingerprint density at radius 3 is 2.38 bits per heavy atom. The van der Waals surface area contributed by atoms with E-state index in [0.717, 1.165) is 17.8 Å². The van der Waals surface area contributed by atoms with Crippen LogP contribution in [0.2, 0.25) is 0 Å². The first-order chi connectivity index (χ1) is 7.42. The summed E-state index contributed by atoms with van der Waals surface area (Å²) in [5.74, 6) is 0.765. The summed E-state index contributed by atoms with van der Waals surface area (Å²) in [4.78, 5) is 8.48. The number of halogens is 1. The SMILES string of the molecule is Cl.NCCc1ccccc1-c1ncccn1. The van der Waals surface area contributed by atoms with Gasteiger partial charge < -0.3 is 5.73 Å². The minimum absolute atomic E-state index is 0. The van der Waals surface area contributed by atoms with Crippen molar-refractivity contribution >= 4 is 12.4 Å². The van der Waals surface area contributed by atoms with Gasteiger partial charge in [0.2, 0.25) is 0 Å². The lowest BCUT2D eigenvalue weighted by Gasteiger charge is -2.06. The summed E-state index contributed by atoms with van der Waals surface area (Å²) in [6.45, 7) is 0.643. The molecule has 0 aliphatic rings. The van der Waals surface area contributed by atoms with Crippen LogP contribution in [-0.2, 0) is 6.42 Å². The molecule has 0 bridgehead atoms. The molecule has 16 heavy (non-hydrogen) atoms. The topological polar surface area (TPSA) is 51.8 Å². The summed E-state index contributed by atoms with van der Waals surface area (Å²) in [5, 5.41) is 0. The van der Waals surface area contributed by atoms with Gasteiger partial charge in [-0.05, 0) is 24.6 Å². The van der Waals surface area contributed by atoms with E-state index >= 15 is 0 Å². The Bertz CT molecular complexity index is 431. The zero-order chi connectivity index (χ0) is 10.5. The van der Waals surface area contributed by atoms with Crippen molar-refractivity contribution in [1.82, 2.24) is 9.97 Å². The lowest BCUT2D eigenvalue weighted by Crippen LogP contribution is -2.04. The summed E-state index contributed by atoms with van der Waals surface area (Å²) in [7, 11) is 0. The Kier molecular flexibility index (Phi) is 4.89. The van der Waals surface area contributed by atoms with Crippen LogP contribution in [0.5, 0.6) is 0 Å². The van der Waals surface area contributed by atoms with Crippen LogP contribution < -0.4 is 5.73 Å². The monoisotopic (exact) mass is 235 g/mol. The molecule has 2 aromatic rings. The van der Waals surface area contributed by atoms with Crippen LogP contribution in [0.4, 0.5) is 0 Å². The molecule has 0 radical (unpaired) electrons. The third kappa shape index (κ3) is 2.78. The van der Waals surface area contributed by atoms with Gasteiger partial charge in [0.15, 0.2) is 5.82 Å². The fourth-order valence-electron chi connectivity index (χ4n) is 1.55. The van der Waals surface area contributed by atoms with Crippen molar-refractivity contribution in [3.8, 4) is 11.4 Å². The molecule has 0 fully saturated rings. The normalized spacial score (nSPS) is 9.56. The third-order valence-electron chi connectivity index (χ3n) is 2.24. The molecule has 2 rings (SSSR count). The van der Waals surface area contributed by atoms with Crippen LogP contribution in [0.1, 0.15) is 5.56 Å². The molecule has 1 aromatic carbocycles. The van der Waals surface area contributed by atoms with Crippen molar-refractivity contribution in [1.29, 1.82) is 0 Å². The van der Waals surface area contributed by atoms with Crippen molar-refractivity contribution in [2.75, 3.05) is 6.54 Å². The fraction of sp³-hybridized carbons (Fsp3) is 0.167. The second-order valence-corrected chi connectivity index (χ2v) is 3.27. The minimum Gasteiger partial charge on any atom is -0.330 e. The zero-order valence-electron chi connectivity index (χ0n) is 8.84. The fourth-order valence-corrected chi connectivity index (χ4v) is 1.55. The largest absolute Gasteiger partial charge is 0.330 e. The van der Waals surface area contributed by atoms with Gasteiger partial charge in [0, 0.05) is 18.0 Å². The van der Waals surface area contributed by atoms with Crippen molar-refractivity contribution in [3.63, 3.8) is 0 Å². The van der Waals surface area contributed by atoms with Crippen LogP contribution in [0.15, 0.2) is 42.7 Å². The molecule has 0 saturated carbocycles. The van der Waals surface area contributed by atoms with Gasteiger partial charge in [0.25, 0.3) is 0 Å². The Balaban J connectivity index is 0.00000128. The third-order valence-corrected chi connectivity index (χ3v) is 2.24. The summed E-state index contributed by atoms with van der Waals surface area (Å²) in [5.41, 5.74) is 7.84. The molecular formula is C12H14ClN3. The summed E-state index contributed by atoms with van der Waals surface area (Å²) in [6.07, 6.45) is 4.36. The van der Waals surface area contributed by atoms with E-state index in [2.05, 4.69) is 16.0 Å². The molecule has 2 N–H and O–H groups in total. The Labute approximate surface area is 101 Å². The summed E-state index contributed by atoms with van der Waals surface area (Å²) >= 11 is 0. The van der Waals surface area contributed by atoms with Gasteiger partial charge in [-0.2, -0.15) is 0 Å². The highest BCUT2D eigenvalue weighted by atomic mass is 35.5. The van der Waals surface area contributed by atoms with E-state index in [1.807, 2.05) is 24.3 Å². The predicted octanol–water partition coefficient (Wildman–Crippen LogP) is 2.07. The van der Waals surface area contributed by atoms with Crippen LogP contribution in [0, 0.1) is 0 Å². The Hall–Kier alpha value is -1.45. The molecule has 0 saturated heterocycles. The average molecular weight is 236 g/mol. The molecule has 3 nitrogen and oxygen atoms in total. The molecule has 0 spiro atoms. The molecule has 0 aliphatic heterocycles.